The van der Waals surface area contributed by atoms with Crippen molar-refractivity contribution in [3.05, 3.63) is 40.5 Å². The number of esters is 1. The molecule has 0 spiro atoms. The minimum atomic E-state index is -0.434. The quantitative estimate of drug-likeness (QED) is 0.830. The van der Waals surface area contributed by atoms with Gasteiger partial charge >= 0.3 is 5.97 Å². The maximum atomic E-state index is 12.1. The molecule has 0 aliphatic heterocycles. The molecule has 0 atom stereocenters. The molecule has 0 bridgehead atoms. The van der Waals surface area contributed by atoms with Crippen molar-refractivity contribution in [3.8, 4) is 0 Å². The number of ether oxygens (including phenoxy) is 1. The van der Waals surface area contributed by atoms with Gasteiger partial charge in [-0.2, -0.15) is 9.90 Å². The van der Waals surface area contributed by atoms with Crippen LogP contribution >= 0.6 is 15.9 Å². The number of nitrogens with one attached hydrogen (secondary N) is 1. The van der Waals surface area contributed by atoms with Crippen molar-refractivity contribution < 1.29 is 14.3 Å². The topological polar surface area (TPSA) is 86.1 Å². The minimum absolute atomic E-state index is 0.0985. The first kappa shape index (κ1) is 15.2. The van der Waals surface area contributed by atoms with E-state index in [-0.39, 0.29) is 18.3 Å². The summed E-state index contributed by atoms with van der Waals surface area (Å²) in [5.74, 6) is -0.484. The van der Waals surface area contributed by atoms with E-state index >= 15 is 0 Å². The first-order chi connectivity index (χ1) is 10.1. The molecule has 1 aromatic heterocycles. The fourth-order valence-electron chi connectivity index (χ4n) is 1.58. The zero-order valence-electron chi connectivity index (χ0n) is 11.2. The summed E-state index contributed by atoms with van der Waals surface area (Å²) in [6.07, 6.45) is 1.37. The van der Waals surface area contributed by atoms with Crippen LogP contribution in [-0.4, -0.2) is 33.5 Å². The van der Waals surface area contributed by atoms with Crippen LogP contribution < -0.4 is 5.32 Å². The Hall–Kier alpha value is -2.22. The van der Waals surface area contributed by atoms with Crippen LogP contribution in [0.5, 0.6) is 0 Å². The third kappa shape index (κ3) is 4.12. The first-order valence-electron chi connectivity index (χ1n) is 6.21. The number of anilines is 1. The molecule has 1 amide bonds. The summed E-state index contributed by atoms with van der Waals surface area (Å²) in [5, 5.41) is 10.5. The van der Waals surface area contributed by atoms with Crippen LogP contribution in [0.25, 0.3) is 0 Å². The van der Waals surface area contributed by atoms with E-state index in [4.69, 9.17) is 4.74 Å². The monoisotopic (exact) mass is 352 g/mol. The van der Waals surface area contributed by atoms with Crippen LogP contribution in [0.2, 0.25) is 0 Å². The molecule has 0 fully saturated rings. The van der Waals surface area contributed by atoms with E-state index in [1.807, 2.05) is 6.07 Å². The van der Waals surface area contributed by atoms with E-state index in [1.54, 1.807) is 25.1 Å². The lowest BCUT2D eigenvalue weighted by molar-refractivity contribution is -0.144. The van der Waals surface area contributed by atoms with Crippen molar-refractivity contribution in [2.24, 2.45) is 0 Å². The van der Waals surface area contributed by atoms with E-state index in [0.717, 1.165) is 4.80 Å². The van der Waals surface area contributed by atoms with Gasteiger partial charge in [0.25, 0.3) is 5.91 Å². The Morgan fingerprint density at radius 1 is 1.38 bits per heavy atom. The largest absolute Gasteiger partial charge is 0.465 e. The van der Waals surface area contributed by atoms with Gasteiger partial charge in [0.05, 0.1) is 18.4 Å². The number of halogens is 1. The van der Waals surface area contributed by atoms with E-state index < -0.39 is 5.97 Å². The van der Waals surface area contributed by atoms with Crippen LogP contribution in [0.15, 0.2) is 34.9 Å². The predicted molar refractivity (Wildman–Crippen MR) is 78.8 cm³/mol. The van der Waals surface area contributed by atoms with Crippen molar-refractivity contribution in [3.63, 3.8) is 0 Å². The molecule has 21 heavy (non-hydrogen) atoms. The van der Waals surface area contributed by atoms with Gasteiger partial charge in [-0.05, 0) is 35.0 Å². The van der Waals surface area contributed by atoms with Crippen LogP contribution in [0, 0.1) is 0 Å². The van der Waals surface area contributed by atoms with Gasteiger partial charge in [-0.3, -0.25) is 4.79 Å². The highest BCUT2D eigenvalue weighted by Gasteiger charge is 2.12. The molecule has 0 aliphatic carbocycles. The number of benzene rings is 1. The summed E-state index contributed by atoms with van der Waals surface area (Å²) >= 11 is 3.30. The van der Waals surface area contributed by atoms with Crippen LogP contribution in [0.1, 0.15) is 17.3 Å². The van der Waals surface area contributed by atoms with Crippen molar-refractivity contribution >= 4 is 33.6 Å². The zero-order valence-corrected chi connectivity index (χ0v) is 12.8. The second kappa shape index (κ2) is 6.98. The van der Waals surface area contributed by atoms with Crippen molar-refractivity contribution in [2.45, 2.75) is 13.5 Å². The predicted octanol–water partition coefficient (Wildman–Crippen LogP) is 1.86. The lowest BCUT2D eigenvalue weighted by atomic mass is 10.2. The second-order valence-electron chi connectivity index (χ2n) is 4.00. The number of hydrogen-bond acceptors (Lipinski definition) is 5. The molecule has 1 N–H and O–H groups in total. The van der Waals surface area contributed by atoms with Gasteiger partial charge in [-0.25, -0.2) is 4.79 Å². The average Bonchev–Trinajstić information content (AvgIpc) is 2.86. The molecule has 8 heteroatoms. The number of amides is 1. The van der Waals surface area contributed by atoms with Gasteiger partial charge in [0.15, 0.2) is 12.4 Å². The van der Waals surface area contributed by atoms with Crippen LogP contribution in [0.3, 0.4) is 0 Å². The van der Waals surface area contributed by atoms with E-state index in [9.17, 15) is 9.59 Å². The van der Waals surface area contributed by atoms with Gasteiger partial charge in [-0.15, -0.1) is 5.10 Å². The van der Waals surface area contributed by atoms with E-state index in [2.05, 4.69) is 31.4 Å². The Balaban J connectivity index is 2.01. The van der Waals surface area contributed by atoms with E-state index in [1.165, 1.54) is 6.20 Å². The van der Waals surface area contributed by atoms with E-state index in [0.29, 0.717) is 16.6 Å². The Bertz CT molecular complexity index is 656. The fraction of sp³-hybridized carbons (Fsp3) is 0.231. The van der Waals surface area contributed by atoms with Gasteiger partial charge in [0.2, 0.25) is 0 Å². The number of rotatable bonds is 5. The summed E-state index contributed by atoms with van der Waals surface area (Å²) in [6.45, 7) is 1.92. The highest BCUT2D eigenvalue weighted by molar-refractivity contribution is 9.10. The zero-order chi connectivity index (χ0) is 15.2. The molecule has 2 aromatic rings. The van der Waals surface area contributed by atoms with Crippen molar-refractivity contribution in [2.75, 3.05) is 11.9 Å². The Kier molecular flexibility index (Phi) is 5.04. The third-order valence-electron chi connectivity index (χ3n) is 2.47. The molecule has 0 saturated carbocycles. The standard InChI is InChI=1S/C13H13BrN4O3/c1-2-21-12(19)8-18-15-7-11(17-18)16-13(20)9-5-3-4-6-10(9)14/h3-7H,2,8H2,1H3,(H,16,17,20). The summed E-state index contributed by atoms with van der Waals surface area (Å²) < 4.78 is 5.47. The lowest BCUT2D eigenvalue weighted by Gasteiger charge is -2.03. The van der Waals surface area contributed by atoms with Gasteiger partial charge < -0.3 is 10.1 Å². The molecule has 0 unspecified atom stereocenters. The number of carbonyl (C=O) groups excluding carboxylic acids is 2. The highest BCUT2D eigenvalue weighted by atomic mass is 79.9. The van der Waals surface area contributed by atoms with Crippen molar-refractivity contribution in [1.82, 2.24) is 15.0 Å². The normalized spacial score (nSPS) is 10.2. The molecule has 110 valence electrons. The summed E-state index contributed by atoms with van der Waals surface area (Å²) in [5.41, 5.74) is 0.484. The van der Waals surface area contributed by atoms with Crippen LogP contribution in [-0.2, 0) is 16.1 Å². The lowest BCUT2D eigenvalue weighted by Crippen LogP contribution is -2.16. The molecule has 2 rings (SSSR count). The molecular weight excluding hydrogens is 340 g/mol. The number of hydrogen-bond donors (Lipinski definition) is 1. The average molecular weight is 353 g/mol. The number of aromatic nitrogens is 3. The molecule has 0 saturated heterocycles. The molecule has 1 aromatic carbocycles. The molecular formula is C13H13BrN4O3. The summed E-state index contributed by atoms with van der Waals surface area (Å²) in [6, 6.07) is 7.03. The highest BCUT2D eigenvalue weighted by Crippen LogP contribution is 2.16. The summed E-state index contributed by atoms with van der Waals surface area (Å²) in [7, 11) is 0. The number of nitrogens with zero attached hydrogens (tertiary/aromatic N) is 3. The first-order valence-corrected chi connectivity index (χ1v) is 7.01. The maximum absolute atomic E-state index is 12.1. The van der Waals surface area contributed by atoms with Gasteiger partial charge in [0, 0.05) is 4.47 Å². The maximum Gasteiger partial charge on any atom is 0.329 e. The fourth-order valence-corrected chi connectivity index (χ4v) is 2.05. The Labute approximate surface area is 129 Å². The molecule has 1 heterocycles. The third-order valence-corrected chi connectivity index (χ3v) is 3.16. The van der Waals surface area contributed by atoms with Crippen molar-refractivity contribution in [1.29, 1.82) is 0 Å². The Morgan fingerprint density at radius 3 is 2.86 bits per heavy atom. The minimum Gasteiger partial charge on any atom is -0.465 e. The molecule has 0 radical (unpaired) electrons. The molecule has 7 nitrogen and oxygen atoms in total. The Morgan fingerprint density at radius 2 is 2.14 bits per heavy atom. The molecule has 0 aliphatic rings. The smallest absolute Gasteiger partial charge is 0.329 e. The second-order valence-corrected chi connectivity index (χ2v) is 4.85. The summed E-state index contributed by atoms with van der Waals surface area (Å²) in [4.78, 5) is 24.5. The van der Waals surface area contributed by atoms with Gasteiger partial charge in [-0.1, -0.05) is 12.1 Å². The van der Waals surface area contributed by atoms with Crippen LogP contribution in [0.4, 0.5) is 5.82 Å². The SMILES string of the molecule is CCOC(=O)Cn1ncc(NC(=O)c2ccccc2Br)n1. The number of carbonyl (C=O) groups is 2. The van der Waals surface area contributed by atoms with Gasteiger partial charge in [0.1, 0.15) is 0 Å².